The molecular formula is C11H19N3S2. The molecule has 0 spiro atoms. The van der Waals surface area contributed by atoms with Crippen molar-refractivity contribution in [2.45, 2.75) is 50.3 Å². The van der Waals surface area contributed by atoms with Crippen LogP contribution < -0.4 is 0 Å². The molecule has 1 aromatic heterocycles. The van der Waals surface area contributed by atoms with Crippen molar-refractivity contribution in [3.8, 4) is 0 Å². The van der Waals surface area contributed by atoms with Gasteiger partial charge in [0.15, 0.2) is 4.77 Å². The minimum absolute atomic E-state index is 0.574. The van der Waals surface area contributed by atoms with E-state index in [-0.39, 0.29) is 0 Å². The van der Waals surface area contributed by atoms with Crippen LogP contribution in [0.2, 0.25) is 0 Å². The molecule has 0 amide bonds. The van der Waals surface area contributed by atoms with E-state index in [1.54, 1.807) is 0 Å². The molecule has 0 aromatic carbocycles. The molecule has 2 atom stereocenters. The van der Waals surface area contributed by atoms with Crippen molar-refractivity contribution in [1.29, 1.82) is 0 Å². The van der Waals surface area contributed by atoms with Crippen LogP contribution in [0.4, 0.5) is 0 Å². The zero-order valence-corrected chi connectivity index (χ0v) is 11.5. The monoisotopic (exact) mass is 257 g/mol. The Morgan fingerprint density at radius 3 is 3.00 bits per heavy atom. The summed E-state index contributed by atoms with van der Waals surface area (Å²) in [7, 11) is 0. The average molecular weight is 257 g/mol. The molecule has 1 N–H and O–H groups in total. The Hall–Kier alpha value is -0.290. The van der Waals surface area contributed by atoms with E-state index in [2.05, 4.69) is 27.9 Å². The van der Waals surface area contributed by atoms with Gasteiger partial charge in [-0.25, -0.2) is 0 Å². The Morgan fingerprint density at radius 2 is 2.38 bits per heavy atom. The van der Waals surface area contributed by atoms with Crippen LogP contribution >= 0.6 is 24.0 Å². The standard InChI is InChI=1S/C11H19N3S2/c1-3-4-10-12-13-11(15)14(10)8-5-6-9(7-8)16-2/h8-9H,3-7H2,1-2H3,(H,13,15). The third kappa shape index (κ3) is 2.35. The summed E-state index contributed by atoms with van der Waals surface area (Å²) in [6.07, 6.45) is 8.15. The van der Waals surface area contributed by atoms with Crippen molar-refractivity contribution in [2.24, 2.45) is 0 Å². The molecule has 1 saturated carbocycles. The molecule has 1 fully saturated rings. The third-order valence-electron chi connectivity index (χ3n) is 3.31. The molecule has 1 heterocycles. The number of hydrogen-bond acceptors (Lipinski definition) is 3. The first-order valence-corrected chi connectivity index (χ1v) is 7.64. The van der Waals surface area contributed by atoms with E-state index in [1.807, 2.05) is 11.8 Å². The summed E-state index contributed by atoms with van der Waals surface area (Å²) in [5.74, 6) is 1.14. The van der Waals surface area contributed by atoms with Gasteiger partial charge in [0.1, 0.15) is 5.82 Å². The summed E-state index contributed by atoms with van der Waals surface area (Å²) in [5, 5.41) is 8.08. The van der Waals surface area contributed by atoms with Gasteiger partial charge in [0.05, 0.1) is 0 Å². The fourth-order valence-corrected chi connectivity index (χ4v) is 3.57. The van der Waals surface area contributed by atoms with Crippen LogP contribution in [0.3, 0.4) is 0 Å². The Bertz CT molecular complexity index is 396. The summed E-state index contributed by atoms with van der Waals surface area (Å²) in [4.78, 5) is 0. The lowest BCUT2D eigenvalue weighted by atomic mass is 10.2. The zero-order valence-electron chi connectivity index (χ0n) is 9.90. The first-order chi connectivity index (χ1) is 7.76. The van der Waals surface area contributed by atoms with Gasteiger partial charge >= 0.3 is 0 Å². The molecule has 90 valence electrons. The molecule has 1 aromatic rings. The van der Waals surface area contributed by atoms with Gasteiger partial charge in [-0.3, -0.25) is 5.10 Å². The first kappa shape index (κ1) is 12.2. The number of thioether (sulfide) groups is 1. The number of hydrogen-bond donors (Lipinski definition) is 1. The lowest BCUT2D eigenvalue weighted by Crippen LogP contribution is -2.10. The van der Waals surface area contributed by atoms with Gasteiger partial charge in [-0.1, -0.05) is 6.92 Å². The van der Waals surface area contributed by atoms with Crippen LogP contribution in [-0.4, -0.2) is 26.3 Å². The van der Waals surface area contributed by atoms with E-state index in [9.17, 15) is 0 Å². The normalized spacial score (nSPS) is 25.1. The van der Waals surface area contributed by atoms with Crippen molar-refractivity contribution in [1.82, 2.24) is 14.8 Å². The summed E-state index contributed by atoms with van der Waals surface area (Å²) in [6, 6.07) is 0.574. The molecule has 1 aliphatic rings. The maximum absolute atomic E-state index is 5.34. The van der Waals surface area contributed by atoms with Gasteiger partial charge in [-0.05, 0) is 44.2 Å². The van der Waals surface area contributed by atoms with Crippen LogP contribution in [0.1, 0.15) is 44.5 Å². The van der Waals surface area contributed by atoms with Crippen molar-refractivity contribution < 1.29 is 0 Å². The molecule has 0 radical (unpaired) electrons. The number of rotatable bonds is 4. The van der Waals surface area contributed by atoms with Gasteiger partial charge in [0.2, 0.25) is 0 Å². The van der Waals surface area contributed by atoms with Crippen LogP contribution in [0.25, 0.3) is 0 Å². The fourth-order valence-electron chi connectivity index (χ4n) is 2.48. The second kappa shape index (κ2) is 5.36. The molecule has 0 aliphatic heterocycles. The highest BCUT2D eigenvalue weighted by molar-refractivity contribution is 7.99. The predicted octanol–water partition coefficient (Wildman–Crippen LogP) is 3.35. The van der Waals surface area contributed by atoms with Crippen LogP contribution in [0, 0.1) is 4.77 Å². The number of aromatic amines is 1. The Kier molecular flexibility index (Phi) is 4.08. The number of H-pyrrole nitrogens is 1. The van der Waals surface area contributed by atoms with E-state index in [0.717, 1.165) is 28.7 Å². The minimum Gasteiger partial charge on any atom is -0.301 e. The van der Waals surface area contributed by atoms with Gasteiger partial charge in [-0.15, -0.1) is 0 Å². The van der Waals surface area contributed by atoms with Crippen molar-refractivity contribution in [2.75, 3.05) is 6.26 Å². The topological polar surface area (TPSA) is 33.6 Å². The lowest BCUT2D eigenvalue weighted by Gasteiger charge is -2.14. The fraction of sp³-hybridized carbons (Fsp3) is 0.818. The number of nitrogens with one attached hydrogen (secondary N) is 1. The molecule has 2 unspecified atom stereocenters. The predicted molar refractivity (Wildman–Crippen MR) is 71.6 cm³/mol. The largest absolute Gasteiger partial charge is 0.301 e. The second-order valence-corrected chi connectivity index (χ2v) is 5.91. The van der Waals surface area contributed by atoms with Crippen LogP contribution in [0.5, 0.6) is 0 Å². The van der Waals surface area contributed by atoms with E-state index in [1.165, 1.54) is 19.3 Å². The maximum atomic E-state index is 5.34. The van der Waals surface area contributed by atoms with Crippen molar-refractivity contribution in [3.05, 3.63) is 10.6 Å². The van der Waals surface area contributed by atoms with Crippen molar-refractivity contribution in [3.63, 3.8) is 0 Å². The minimum atomic E-state index is 0.574. The third-order valence-corrected chi connectivity index (χ3v) is 4.69. The van der Waals surface area contributed by atoms with Crippen molar-refractivity contribution >= 4 is 24.0 Å². The molecule has 16 heavy (non-hydrogen) atoms. The highest BCUT2D eigenvalue weighted by Crippen LogP contribution is 2.36. The lowest BCUT2D eigenvalue weighted by molar-refractivity contribution is 0.491. The Labute approximate surface area is 106 Å². The highest BCUT2D eigenvalue weighted by Gasteiger charge is 2.27. The molecule has 1 aliphatic carbocycles. The molecule has 5 heteroatoms. The number of nitrogens with zero attached hydrogens (tertiary/aromatic N) is 2. The van der Waals surface area contributed by atoms with Gasteiger partial charge < -0.3 is 4.57 Å². The highest BCUT2D eigenvalue weighted by atomic mass is 32.2. The van der Waals surface area contributed by atoms with E-state index in [0.29, 0.717) is 6.04 Å². The molecular weight excluding hydrogens is 238 g/mol. The van der Waals surface area contributed by atoms with E-state index >= 15 is 0 Å². The van der Waals surface area contributed by atoms with E-state index < -0.39 is 0 Å². The molecule has 0 saturated heterocycles. The smallest absolute Gasteiger partial charge is 0.195 e. The van der Waals surface area contributed by atoms with Crippen LogP contribution in [0.15, 0.2) is 0 Å². The summed E-state index contributed by atoms with van der Waals surface area (Å²) < 4.78 is 3.06. The van der Waals surface area contributed by atoms with Gasteiger partial charge in [-0.2, -0.15) is 16.9 Å². The summed E-state index contributed by atoms with van der Waals surface area (Å²) in [6.45, 7) is 2.18. The summed E-state index contributed by atoms with van der Waals surface area (Å²) >= 11 is 7.32. The number of aromatic nitrogens is 3. The van der Waals surface area contributed by atoms with Gasteiger partial charge in [0.25, 0.3) is 0 Å². The second-order valence-electron chi connectivity index (χ2n) is 4.39. The van der Waals surface area contributed by atoms with E-state index in [4.69, 9.17) is 12.2 Å². The summed E-state index contributed by atoms with van der Waals surface area (Å²) in [5.41, 5.74) is 0. The molecule has 3 nitrogen and oxygen atoms in total. The quantitative estimate of drug-likeness (QED) is 0.840. The first-order valence-electron chi connectivity index (χ1n) is 5.94. The maximum Gasteiger partial charge on any atom is 0.195 e. The average Bonchev–Trinajstić information content (AvgIpc) is 2.86. The molecule has 0 bridgehead atoms. The Morgan fingerprint density at radius 1 is 1.56 bits per heavy atom. The zero-order chi connectivity index (χ0) is 11.5. The SMILES string of the molecule is CCCc1n[nH]c(=S)n1C1CCC(SC)C1. The molecule has 2 rings (SSSR count). The number of aryl methyl sites for hydroxylation is 1. The van der Waals surface area contributed by atoms with Crippen LogP contribution in [-0.2, 0) is 6.42 Å². The van der Waals surface area contributed by atoms with Gasteiger partial charge in [0, 0.05) is 17.7 Å². The Balaban J connectivity index is 2.19.